The smallest absolute Gasteiger partial charge is 0.197 e. The SMILES string of the molecule is O=c1c2ccccc2n(-c2ccc(-c3ccc(N(c4ccccc4)c4ccccc4)cc3)cc2)c2ccc(-c3ccccc3)cc12. The van der Waals surface area contributed by atoms with Gasteiger partial charge >= 0.3 is 0 Å². The molecule has 0 bridgehead atoms. The van der Waals surface area contributed by atoms with Crippen LogP contribution in [0, 0.1) is 0 Å². The van der Waals surface area contributed by atoms with Crippen molar-refractivity contribution in [1.29, 1.82) is 0 Å². The number of aromatic nitrogens is 1. The maximum absolute atomic E-state index is 13.7. The minimum Gasteiger partial charge on any atom is -0.311 e. The molecule has 0 aliphatic carbocycles. The second-order valence-electron chi connectivity index (χ2n) is 11.4. The zero-order valence-electron chi connectivity index (χ0n) is 25.1. The monoisotopic (exact) mass is 590 g/mol. The fraction of sp³-hybridized carbons (Fsp3) is 0. The average molecular weight is 591 g/mol. The number of para-hydroxylation sites is 3. The van der Waals surface area contributed by atoms with Crippen molar-refractivity contribution >= 4 is 38.9 Å². The minimum absolute atomic E-state index is 0.0522. The maximum atomic E-state index is 13.7. The molecule has 0 saturated heterocycles. The summed E-state index contributed by atoms with van der Waals surface area (Å²) in [4.78, 5) is 16.0. The molecule has 0 spiro atoms. The van der Waals surface area contributed by atoms with Crippen LogP contribution in [-0.4, -0.2) is 4.57 Å². The summed E-state index contributed by atoms with van der Waals surface area (Å²) in [5, 5.41) is 1.42. The quantitative estimate of drug-likeness (QED) is 0.180. The Morgan fingerprint density at radius 1 is 0.370 bits per heavy atom. The number of rotatable bonds is 6. The highest BCUT2D eigenvalue weighted by Gasteiger charge is 2.15. The van der Waals surface area contributed by atoms with Crippen LogP contribution >= 0.6 is 0 Å². The number of benzene rings is 7. The van der Waals surface area contributed by atoms with E-state index in [4.69, 9.17) is 0 Å². The lowest BCUT2D eigenvalue weighted by molar-refractivity contribution is 1.16. The zero-order valence-corrected chi connectivity index (χ0v) is 25.1. The third-order valence-electron chi connectivity index (χ3n) is 8.59. The summed E-state index contributed by atoms with van der Waals surface area (Å²) in [5.74, 6) is 0. The fourth-order valence-corrected chi connectivity index (χ4v) is 6.34. The standard InChI is InChI=1S/C43H30N2O/c46-43-39-18-10-11-19-41(39)45(42-29-24-34(30-40(42)43)31-12-4-1-5-13-31)38-27-22-33(23-28-38)32-20-25-37(26-21-32)44(35-14-6-2-7-15-35)36-16-8-3-9-17-36/h1-30H. The second kappa shape index (κ2) is 11.7. The molecule has 0 radical (unpaired) electrons. The average Bonchev–Trinajstić information content (AvgIpc) is 3.14. The summed E-state index contributed by atoms with van der Waals surface area (Å²) in [5.41, 5.74) is 10.6. The summed E-state index contributed by atoms with van der Waals surface area (Å²) >= 11 is 0. The normalized spacial score (nSPS) is 11.1. The van der Waals surface area contributed by atoms with Gasteiger partial charge in [0.2, 0.25) is 0 Å². The highest BCUT2D eigenvalue weighted by Crippen LogP contribution is 2.36. The molecule has 0 N–H and O–H groups in total. The number of pyridine rings is 1. The molecular weight excluding hydrogens is 560 g/mol. The molecule has 0 amide bonds. The third-order valence-corrected chi connectivity index (χ3v) is 8.59. The maximum Gasteiger partial charge on any atom is 0.197 e. The Balaban J connectivity index is 1.18. The van der Waals surface area contributed by atoms with E-state index in [-0.39, 0.29) is 5.43 Å². The van der Waals surface area contributed by atoms with Crippen LogP contribution in [0.3, 0.4) is 0 Å². The molecule has 1 heterocycles. The van der Waals surface area contributed by atoms with Crippen molar-refractivity contribution in [3.63, 3.8) is 0 Å². The molecular formula is C43H30N2O. The molecule has 0 aliphatic heterocycles. The Bertz CT molecular complexity index is 2310. The van der Waals surface area contributed by atoms with Gasteiger partial charge in [-0.25, -0.2) is 0 Å². The van der Waals surface area contributed by atoms with Crippen molar-refractivity contribution in [3.8, 4) is 27.9 Å². The van der Waals surface area contributed by atoms with Gasteiger partial charge in [-0.2, -0.15) is 0 Å². The Hall–Kier alpha value is -6.19. The minimum atomic E-state index is 0.0522. The van der Waals surface area contributed by atoms with Gasteiger partial charge in [0.15, 0.2) is 5.43 Å². The first kappa shape index (κ1) is 27.4. The molecule has 0 fully saturated rings. The van der Waals surface area contributed by atoms with Crippen molar-refractivity contribution in [2.75, 3.05) is 4.90 Å². The predicted octanol–water partition coefficient (Wildman–Crippen LogP) is 10.9. The largest absolute Gasteiger partial charge is 0.311 e. The van der Waals surface area contributed by atoms with Gasteiger partial charge in [-0.15, -0.1) is 0 Å². The number of hydrogen-bond donors (Lipinski definition) is 0. The number of anilines is 3. The van der Waals surface area contributed by atoms with E-state index in [1.807, 2.05) is 60.7 Å². The number of nitrogens with zero attached hydrogens (tertiary/aromatic N) is 2. The Morgan fingerprint density at radius 3 is 1.46 bits per heavy atom. The van der Waals surface area contributed by atoms with Crippen molar-refractivity contribution in [2.45, 2.75) is 0 Å². The van der Waals surface area contributed by atoms with Gasteiger partial charge in [0, 0.05) is 33.5 Å². The van der Waals surface area contributed by atoms with Crippen LogP contribution in [-0.2, 0) is 0 Å². The van der Waals surface area contributed by atoms with Gasteiger partial charge in [-0.3, -0.25) is 4.79 Å². The van der Waals surface area contributed by atoms with E-state index in [9.17, 15) is 4.79 Å². The first-order valence-electron chi connectivity index (χ1n) is 15.5. The summed E-state index contributed by atoms with van der Waals surface area (Å²) in [6, 6.07) is 62.5. The van der Waals surface area contributed by atoms with Gasteiger partial charge in [0.05, 0.1) is 11.0 Å². The molecule has 0 aliphatic rings. The van der Waals surface area contributed by atoms with E-state index in [2.05, 4.69) is 131 Å². The Labute approximate surface area is 267 Å². The van der Waals surface area contributed by atoms with Crippen LogP contribution in [0.25, 0.3) is 49.7 Å². The van der Waals surface area contributed by atoms with Crippen LogP contribution in [0.15, 0.2) is 187 Å². The zero-order chi connectivity index (χ0) is 30.9. The van der Waals surface area contributed by atoms with Crippen molar-refractivity contribution in [3.05, 3.63) is 192 Å². The second-order valence-corrected chi connectivity index (χ2v) is 11.4. The third kappa shape index (κ3) is 4.94. The molecule has 0 atom stereocenters. The predicted molar refractivity (Wildman–Crippen MR) is 193 cm³/mol. The topological polar surface area (TPSA) is 25.2 Å². The molecule has 8 aromatic rings. The molecule has 7 aromatic carbocycles. The van der Waals surface area contributed by atoms with Gasteiger partial charge in [-0.1, -0.05) is 109 Å². The van der Waals surface area contributed by atoms with Crippen molar-refractivity contribution in [1.82, 2.24) is 4.57 Å². The van der Waals surface area contributed by atoms with Gasteiger partial charge in [0.1, 0.15) is 0 Å². The van der Waals surface area contributed by atoms with Crippen LogP contribution in [0.4, 0.5) is 17.1 Å². The fourth-order valence-electron chi connectivity index (χ4n) is 6.34. The van der Waals surface area contributed by atoms with Gasteiger partial charge in [0.25, 0.3) is 0 Å². The van der Waals surface area contributed by atoms with Crippen molar-refractivity contribution < 1.29 is 0 Å². The van der Waals surface area contributed by atoms with Crippen LogP contribution in [0.2, 0.25) is 0 Å². The lowest BCUT2D eigenvalue weighted by Gasteiger charge is -2.25. The number of hydrogen-bond acceptors (Lipinski definition) is 2. The lowest BCUT2D eigenvalue weighted by Crippen LogP contribution is -2.10. The summed E-state index contributed by atoms with van der Waals surface area (Å²) < 4.78 is 2.20. The summed E-state index contributed by atoms with van der Waals surface area (Å²) in [6.45, 7) is 0. The molecule has 1 aromatic heterocycles. The molecule has 8 rings (SSSR count). The molecule has 3 nitrogen and oxygen atoms in total. The molecule has 218 valence electrons. The van der Waals surface area contributed by atoms with E-state index in [1.54, 1.807) is 0 Å². The molecule has 0 unspecified atom stereocenters. The Morgan fingerprint density at radius 2 is 0.826 bits per heavy atom. The van der Waals surface area contributed by atoms with E-state index in [0.29, 0.717) is 10.8 Å². The molecule has 0 saturated carbocycles. The van der Waals surface area contributed by atoms with Crippen LogP contribution in [0.5, 0.6) is 0 Å². The molecule has 3 heteroatoms. The Kier molecular flexibility index (Phi) is 6.97. The summed E-state index contributed by atoms with van der Waals surface area (Å²) in [7, 11) is 0. The van der Waals surface area contributed by atoms with E-state index in [0.717, 1.165) is 56.0 Å². The van der Waals surface area contributed by atoms with Crippen LogP contribution in [0.1, 0.15) is 0 Å². The van der Waals surface area contributed by atoms with Crippen molar-refractivity contribution in [2.24, 2.45) is 0 Å². The lowest BCUT2D eigenvalue weighted by atomic mass is 10.0. The summed E-state index contributed by atoms with van der Waals surface area (Å²) in [6.07, 6.45) is 0. The van der Waals surface area contributed by atoms with E-state index in [1.165, 1.54) is 0 Å². The van der Waals surface area contributed by atoms with Crippen LogP contribution < -0.4 is 10.3 Å². The van der Waals surface area contributed by atoms with Gasteiger partial charge in [-0.05, 0) is 95.1 Å². The van der Waals surface area contributed by atoms with E-state index < -0.39 is 0 Å². The van der Waals surface area contributed by atoms with E-state index >= 15 is 0 Å². The number of fused-ring (bicyclic) bond motifs is 2. The molecule has 46 heavy (non-hydrogen) atoms. The first-order valence-corrected chi connectivity index (χ1v) is 15.5. The highest BCUT2D eigenvalue weighted by atomic mass is 16.1. The van der Waals surface area contributed by atoms with Gasteiger partial charge < -0.3 is 9.47 Å². The first-order chi connectivity index (χ1) is 22.7. The highest BCUT2D eigenvalue weighted by molar-refractivity contribution is 5.97.